The van der Waals surface area contributed by atoms with Crippen molar-refractivity contribution < 1.29 is 32.9 Å². The van der Waals surface area contributed by atoms with Gasteiger partial charge in [-0.2, -0.15) is 0 Å². The van der Waals surface area contributed by atoms with Crippen LogP contribution in [0.15, 0.2) is 12.2 Å². The van der Waals surface area contributed by atoms with Crippen molar-refractivity contribution in [1.82, 2.24) is 5.32 Å². The number of quaternary nitrogens is 1. The van der Waals surface area contributed by atoms with Crippen molar-refractivity contribution in [2.45, 2.75) is 418 Å². The molecule has 0 aromatic rings. The van der Waals surface area contributed by atoms with Crippen molar-refractivity contribution in [3.05, 3.63) is 12.2 Å². The fourth-order valence-corrected chi connectivity index (χ4v) is 12.7. The number of aliphatic hydroxyl groups excluding tert-OH is 1. The molecule has 0 aromatic carbocycles. The number of nitrogens with one attached hydrogen (secondary N) is 1. The average molecular weight is 1190 g/mol. The van der Waals surface area contributed by atoms with Gasteiger partial charge in [0.05, 0.1) is 39.9 Å². The number of rotatable bonds is 71. The number of carbonyl (C=O) groups is 1. The van der Waals surface area contributed by atoms with E-state index in [1.54, 1.807) is 0 Å². The number of phosphoric acid groups is 1. The molecule has 0 spiro atoms. The van der Waals surface area contributed by atoms with Gasteiger partial charge in [0, 0.05) is 6.42 Å². The summed E-state index contributed by atoms with van der Waals surface area (Å²) >= 11 is 0. The Kier molecular flexibility index (Phi) is 65.1. The molecule has 3 unspecified atom stereocenters. The summed E-state index contributed by atoms with van der Waals surface area (Å²) in [6.07, 6.45) is 84.8. The largest absolute Gasteiger partial charge is 0.472 e. The second-order valence-corrected chi connectivity index (χ2v) is 28.8. The highest BCUT2D eigenvalue weighted by molar-refractivity contribution is 7.47. The van der Waals surface area contributed by atoms with Crippen LogP contribution in [0.4, 0.5) is 0 Å². The molecule has 0 radical (unpaired) electrons. The van der Waals surface area contributed by atoms with Gasteiger partial charge < -0.3 is 19.8 Å². The van der Waals surface area contributed by atoms with Crippen LogP contribution < -0.4 is 5.32 Å². The number of hydrogen-bond donors (Lipinski definition) is 3. The van der Waals surface area contributed by atoms with Crippen LogP contribution in [-0.4, -0.2) is 73.4 Å². The quantitative estimate of drug-likeness (QED) is 0.0243. The highest BCUT2D eigenvalue weighted by atomic mass is 31.2. The monoisotopic (exact) mass is 1190 g/mol. The van der Waals surface area contributed by atoms with Crippen LogP contribution in [-0.2, 0) is 18.4 Å². The van der Waals surface area contributed by atoms with Gasteiger partial charge in [0.25, 0.3) is 0 Å². The average Bonchev–Trinajstić information content (AvgIpc) is 3.49. The lowest BCUT2D eigenvalue weighted by Gasteiger charge is -2.26. The van der Waals surface area contributed by atoms with E-state index in [-0.39, 0.29) is 19.1 Å². The second-order valence-electron chi connectivity index (χ2n) is 27.4. The van der Waals surface area contributed by atoms with Crippen LogP contribution in [0.2, 0.25) is 0 Å². The van der Waals surface area contributed by atoms with Crippen molar-refractivity contribution in [3.8, 4) is 0 Å². The molecule has 0 saturated heterocycles. The molecule has 8 nitrogen and oxygen atoms in total. The highest BCUT2D eigenvalue weighted by Crippen LogP contribution is 2.43. The Balaban J connectivity index is 3.93. The Morgan fingerprint density at radius 1 is 0.398 bits per heavy atom. The van der Waals surface area contributed by atoms with Gasteiger partial charge in [0.1, 0.15) is 13.2 Å². The maximum absolute atomic E-state index is 13.1. The molecule has 0 fully saturated rings. The Hall–Kier alpha value is -0.760. The number of amides is 1. The number of unbranched alkanes of at least 4 members (excludes halogenated alkanes) is 56. The zero-order valence-corrected chi connectivity index (χ0v) is 57.9. The Morgan fingerprint density at radius 2 is 0.651 bits per heavy atom. The van der Waals surface area contributed by atoms with Crippen molar-refractivity contribution in [3.63, 3.8) is 0 Å². The lowest BCUT2D eigenvalue weighted by molar-refractivity contribution is -0.870. The van der Waals surface area contributed by atoms with Crippen LogP contribution in [0.3, 0.4) is 0 Å². The molecule has 0 saturated carbocycles. The standard InChI is InChI=1S/C74H149N2O6P/c1-6-8-10-12-14-16-18-20-22-24-26-28-30-32-34-35-36-37-38-39-40-41-42-44-46-48-50-52-54-56-58-60-62-64-66-68-74(78)75-72(71-82-83(79,80)81-70-69-76(3,4)5)73(77)67-65-63-61-59-57-55-53-51-49-47-45-43-33-31-29-27-25-23-21-19-17-15-13-11-9-7-2/h24,26,72-73,77H,6-23,25,27-71H2,1-5H3,(H-,75,78,79,80)/p+1/b26-24-. The van der Waals surface area contributed by atoms with E-state index in [4.69, 9.17) is 9.05 Å². The number of phosphoric ester groups is 1. The first-order chi connectivity index (χ1) is 40.5. The molecule has 3 N–H and O–H groups in total. The van der Waals surface area contributed by atoms with Crippen molar-refractivity contribution in [2.75, 3.05) is 40.9 Å². The molecular formula is C74H150N2O6P+. The van der Waals surface area contributed by atoms with E-state index in [0.29, 0.717) is 23.9 Å². The molecule has 0 heterocycles. The SMILES string of the molecule is CCCCCCCCCC/C=C\CCCCCCCCCCCCCCCCCCCCCCCCCC(=O)NC(COP(=O)(O)OCC[N+](C)(C)C)C(O)CCCCCCCCCCCCCCCCCCCCCCCCCCCC. The molecular weight excluding hydrogens is 1040 g/mol. The summed E-state index contributed by atoms with van der Waals surface area (Å²) in [5, 5.41) is 14.2. The van der Waals surface area contributed by atoms with Crippen LogP contribution in [0.5, 0.6) is 0 Å². The first-order valence-corrected chi connectivity index (χ1v) is 39.0. The Bertz CT molecular complexity index is 1360. The van der Waals surface area contributed by atoms with Gasteiger partial charge >= 0.3 is 7.82 Å². The van der Waals surface area contributed by atoms with Gasteiger partial charge in [-0.15, -0.1) is 0 Å². The van der Waals surface area contributed by atoms with E-state index in [2.05, 4.69) is 31.3 Å². The van der Waals surface area contributed by atoms with Crippen molar-refractivity contribution in [2.24, 2.45) is 0 Å². The molecule has 0 aromatic heterocycles. The normalized spacial score (nSPS) is 13.6. The van der Waals surface area contributed by atoms with E-state index in [1.807, 2.05) is 21.1 Å². The van der Waals surface area contributed by atoms with E-state index in [0.717, 1.165) is 38.5 Å². The molecule has 0 aliphatic carbocycles. The van der Waals surface area contributed by atoms with Gasteiger partial charge in [0.2, 0.25) is 5.91 Å². The minimum Gasteiger partial charge on any atom is -0.391 e. The van der Waals surface area contributed by atoms with Crippen LogP contribution >= 0.6 is 7.82 Å². The van der Waals surface area contributed by atoms with Crippen molar-refractivity contribution in [1.29, 1.82) is 0 Å². The summed E-state index contributed by atoms with van der Waals surface area (Å²) in [5.74, 6) is -0.133. The van der Waals surface area contributed by atoms with Crippen LogP contribution in [0, 0.1) is 0 Å². The summed E-state index contributed by atoms with van der Waals surface area (Å²) in [5.41, 5.74) is 0. The molecule has 0 aliphatic rings. The van der Waals surface area contributed by atoms with Gasteiger partial charge in [-0.25, -0.2) is 4.57 Å². The number of carbonyl (C=O) groups excluding carboxylic acids is 1. The second kappa shape index (κ2) is 65.7. The molecule has 9 heteroatoms. The van der Waals surface area contributed by atoms with Gasteiger partial charge in [0.15, 0.2) is 0 Å². The third-order valence-corrected chi connectivity index (χ3v) is 18.7. The minimum atomic E-state index is -4.33. The molecule has 496 valence electrons. The molecule has 0 bridgehead atoms. The molecule has 83 heavy (non-hydrogen) atoms. The number of nitrogens with zero attached hydrogens (tertiary/aromatic N) is 1. The maximum Gasteiger partial charge on any atom is 0.472 e. The van der Waals surface area contributed by atoms with Gasteiger partial charge in [-0.1, -0.05) is 373 Å². The lowest BCUT2D eigenvalue weighted by atomic mass is 10.0. The van der Waals surface area contributed by atoms with E-state index in [1.165, 1.54) is 340 Å². The fraction of sp³-hybridized carbons (Fsp3) is 0.959. The lowest BCUT2D eigenvalue weighted by Crippen LogP contribution is -2.46. The van der Waals surface area contributed by atoms with E-state index < -0.39 is 20.0 Å². The van der Waals surface area contributed by atoms with Crippen LogP contribution in [0.25, 0.3) is 0 Å². The number of aliphatic hydroxyl groups is 1. The minimum absolute atomic E-state index is 0.0787. The zero-order valence-electron chi connectivity index (χ0n) is 57.0. The number of allylic oxidation sites excluding steroid dienone is 2. The van der Waals surface area contributed by atoms with E-state index >= 15 is 0 Å². The van der Waals surface area contributed by atoms with Gasteiger partial charge in [-0.3, -0.25) is 13.8 Å². The summed E-state index contributed by atoms with van der Waals surface area (Å²) in [6.45, 7) is 4.96. The smallest absolute Gasteiger partial charge is 0.391 e. The predicted octanol–water partition coefficient (Wildman–Crippen LogP) is 24.1. The van der Waals surface area contributed by atoms with Gasteiger partial charge in [-0.05, 0) is 38.5 Å². The first kappa shape index (κ1) is 82.2. The number of likely N-dealkylation sites (N-methyl/N-ethyl adjacent to an activating group) is 1. The topological polar surface area (TPSA) is 105 Å². The molecule has 1 amide bonds. The summed E-state index contributed by atoms with van der Waals surface area (Å²) < 4.78 is 23.9. The maximum atomic E-state index is 13.1. The predicted molar refractivity (Wildman–Crippen MR) is 365 cm³/mol. The highest BCUT2D eigenvalue weighted by Gasteiger charge is 2.28. The molecule has 3 atom stereocenters. The summed E-state index contributed by atoms with van der Waals surface area (Å²) in [6, 6.07) is -0.758. The van der Waals surface area contributed by atoms with E-state index in [9.17, 15) is 19.4 Å². The van der Waals surface area contributed by atoms with Crippen molar-refractivity contribution >= 4 is 13.7 Å². The summed E-state index contributed by atoms with van der Waals surface area (Å²) in [4.78, 5) is 23.5. The third-order valence-electron chi connectivity index (χ3n) is 17.8. The number of hydrogen-bond acceptors (Lipinski definition) is 5. The Labute approximate surface area is 520 Å². The fourth-order valence-electron chi connectivity index (χ4n) is 11.9. The van der Waals surface area contributed by atoms with Crippen LogP contribution in [0.1, 0.15) is 406 Å². The molecule has 0 aliphatic heterocycles. The third kappa shape index (κ3) is 68.6. The Morgan fingerprint density at radius 3 is 0.928 bits per heavy atom. The summed E-state index contributed by atoms with van der Waals surface area (Å²) in [7, 11) is 1.64. The zero-order chi connectivity index (χ0) is 60.5. The first-order valence-electron chi connectivity index (χ1n) is 37.6. The molecule has 0 rings (SSSR count).